The van der Waals surface area contributed by atoms with Crippen LogP contribution >= 0.6 is 0 Å². The first-order valence-corrected chi connectivity index (χ1v) is 6.36. The largest absolute Gasteiger partial charge is 0.478 e. The Labute approximate surface area is 101 Å². The number of hydrogen-bond acceptors (Lipinski definition) is 2. The van der Waals surface area contributed by atoms with Crippen molar-refractivity contribution < 1.29 is 9.90 Å². The smallest absolute Gasteiger partial charge is 0.335 e. The lowest BCUT2D eigenvalue weighted by Gasteiger charge is -2.41. The maximum Gasteiger partial charge on any atom is 0.335 e. The Morgan fingerprint density at radius 3 is 2.76 bits per heavy atom. The Balaban J connectivity index is 2.02. The van der Waals surface area contributed by atoms with E-state index in [9.17, 15) is 9.90 Å². The van der Waals surface area contributed by atoms with Crippen molar-refractivity contribution >= 4 is 5.97 Å². The number of benzene rings is 1. The van der Waals surface area contributed by atoms with Crippen molar-refractivity contribution in [3.05, 3.63) is 34.9 Å². The Morgan fingerprint density at radius 1 is 1.29 bits per heavy atom. The molecule has 1 N–H and O–H groups in total. The summed E-state index contributed by atoms with van der Waals surface area (Å²) in [7, 11) is 0. The number of nitrogens with zero attached hydrogens (tertiary/aromatic N) is 1. The van der Waals surface area contributed by atoms with E-state index in [1.165, 1.54) is 31.5 Å². The van der Waals surface area contributed by atoms with Crippen LogP contribution in [0.5, 0.6) is 0 Å². The summed E-state index contributed by atoms with van der Waals surface area (Å²) < 4.78 is 0. The van der Waals surface area contributed by atoms with Gasteiger partial charge in [0, 0.05) is 6.04 Å². The van der Waals surface area contributed by atoms with Crippen LogP contribution in [0.3, 0.4) is 0 Å². The summed E-state index contributed by atoms with van der Waals surface area (Å²) in [5.41, 5.74) is 2.84. The highest BCUT2D eigenvalue weighted by atomic mass is 16.4. The summed E-state index contributed by atoms with van der Waals surface area (Å²) in [5.74, 6) is -0.786. The third-order valence-electron chi connectivity index (χ3n) is 4.04. The van der Waals surface area contributed by atoms with Crippen LogP contribution in [0, 0.1) is 0 Å². The van der Waals surface area contributed by atoms with Gasteiger partial charge in [0.1, 0.15) is 0 Å². The molecule has 1 saturated heterocycles. The monoisotopic (exact) mass is 231 g/mol. The molecule has 0 radical (unpaired) electrons. The van der Waals surface area contributed by atoms with Gasteiger partial charge in [-0.3, -0.25) is 4.90 Å². The number of rotatable bonds is 2. The molecular formula is C14H17NO2. The second-order valence-corrected chi connectivity index (χ2v) is 4.98. The highest BCUT2D eigenvalue weighted by Crippen LogP contribution is 2.37. The van der Waals surface area contributed by atoms with Crippen LogP contribution in [0.15, 0.2) is 18.2 Å². The highest BCUT2D eigenvalue weighted by molar-refractivity contribution is 5.90. The van der Waals surface area contributed by atoms with E-state index >= 15 is 0 Å². The molecule has 1 aliphatic heterocycles. The fraction of sp³-hybridized carbons (Fsp3) is 0.500. The molecule has 2 aliphatic rings. The van der Waals surface area contributed by atoms with Crippen molar-refractivity contribution in [1.29, 1.82) is 0 Å². The number of carbonyl (C=O) groups is 1. The van der Waals surface area contributed by atoms with Crippen molar-refractivity contribution in [1.82, 2.24) is 4.90 Å². The van der Waals surface area contributed by atoms with Crippen molar-refractivity contribution in [2.24, 2.45) is 0 Å². The van der Waals surface area contributed by atoms with Gasteiger partial charge in [0.25, 0.3) is 0 Å². The van der Waals surface area contributed by atoms with Gasteiger partial charge in [0.05, 0.1) is 5.56 Å². The Kier molecular flexibility index (Phi) is 2.63. The molecule has 17 heavy (non-hydrogen) atoms. The molecule has 3 heteroatoms. The molecule has 1 fully saturated rings. The van der Waals surface area contributed by atoms with Crippen LogP contribution in [0.25, 0.3) is 0 Å². The molecule has 0 amide bonds. The molecule has 3 rings (SSSR count). The first-order chi connectivity index (χ1) is 8.27. The van der Waals surface area contributed by atoms with Crippen LogP contribution in [0.4, 0.5) is 0 Å². The molecule has 0 bridgehead atoms. The molecule has 0 aromatic heterocycles. The van der Waals surface area contributed by atoms with E-state index < -0.39 is 5.97 Å². The van der Waals surface area contributed by atoms with Gasteiger partial charge >= 0.3 is 5.97 Å². The molecule has 1 aromatic rings. The quantitative estimate of drug-likeness (QED) is 0.850. The molecule has 3 nitrogen and oxygen atoms in total. The second kappa shape index (κ2) is 4.15. The average Bonchev–Trinajstić information content (AvgIpc) is 2.26. The summed E-state index contributed by atoms with van der Waals surface area (Å²) in [6, 6.07) is 6.20. The fourth-order valence-electron chi connectivity index (χ4n) is 3.06. The normalized spacial score (nSPS) is 23.9. The van der Waals surface area contributed by atoms with Gasteiger partial charge in [-0.2, -0.15) is 0 Å². The summed E-state index contributed by atoms with van der Waals surface area (Å²) in [4.78, 5) is 13.7. The highest BCUT2D eigenvalue weighted by Gasteiger charge is 2.30. The first-order valence-electron chi connectivity index (χ1n) is 6.36. The molecular weight excluding hydrogens is 214 g/mol. The van der Waals surface area contributed by atoms with E-state index in [1.54, 1.807) is 6.07 Å². The third kappa shape index (κ3) is 1.75. The summed E-state index contributed by atoms with van der Waals surface area (Å²) in [6.07, 6.45) is 4.49. The minimum absolute atomic E-state index is 0.465. The van der Waals surface area contributed by atoms with Crippen LogP contribution in [-0.2, 0) is 6.42 Å². The molecule has 1 heterocycles. The molecule has 1 unspecified atom stereocenters. The lowest BCUT2D eigenvalue weighted by atomic mass is 9.83. The van der Waals surface area contributed by atoms with Gasteiger partial charge in [-0.05, 0) is 56.0 Å². The zero-order valence-electron chi connectivity index (χ0n) is 9.85. The number of hydrogen-bond donors (Lipinski definition) is 1. The Morgan fingerprint density at radius 2 is 2.12 bits per heavy atom. The van der Waals surface area contributed by atoms with Gasteiger partial charge in [-0.25, -0.2) is 4.79 Å². The van der Waals surface area contributed by atoms with Gasteiger partial charge in [-0.1, -0.05) is 12.1 Å². The molecule has 90 valence electrons. The van der Waals surface area contributed by atoms with Crippen LogP contribution in [-0.4, -0.2) is 29.1 Å². The Hall–Kier alpha value is -1.35. The first kappa shape index (κ1) is 10.8. The van der Waals surface area contributed by atoms with Crippen molar-refractivity contribution in [3.63, 3.8) is 0 Å². The maximum atomic E-state index is 11.2. The summed E-state index contributed by atoms with van der Waals surface area (Å²) in [6.45, 7) is 2.34. The minimum Gasteiger partial charge on any atom is -0.478 e. The number of likely N-dealkylation sites (tertiary alicyclic amines) is 1. The van der Waals surface area contributed by atoms with E-state index in [0.717, 1.165) is 18.4 Å². The number of carboxylic acids is 1. The SMILES string of the molecule is O=C(O)c1cccc2c1CCCC2N1CCC1. The van der Waals surface area contributed by atoms with Crippen LogP contribution in [0.2, 0.25) is 0 Å². The molecule has 1 atom stereocenters. The summed E-state index contributed by atoms with van der Waals surface area (Å²) >= 11 is 0. The van der Waals surface area contributed by atoms with E-state index in [2.05, 4.69) is 11.0 Å². The van der Waals surface area contributed by atoms with Gasteiger partial charge in [0.15, 0.2) is 0 Å². The predicted molar refractivity (Wildman–Crippen MR) is 65.3 cm³/mol. The lowest BCUT2D eigenvalue weighted by molar-refractivity contribution is 0.0693. The predicted octanol–water partition coefficient (Wildman–Crippen LogP) is 2.47. The van der Waals surface area contributed by atoms with E-state index in [1.807, 2.05) is 6.07 Å². The van der Waals surface area contributed by atoms with Crippen LogP contribution < -0.4 is 0 Å². The van der Waals surface area contributed by atoms with Crippen molar-refractivity contribution in [3.8, 4) is 0 Å². The van der Waals surface area contributed by atoms with Crippen molar-refractivity contribution in [2.75, 3.05) is 13.1 Å². The number of fused-ring (bicyclic) bond motifs is 1. The fourth-order valence-corrected chi connectivity index (χ4v) is 3.06. The maximum absolute atomic E-state index is 11.2. The molecule has 1 aliphatic carbocycles. The average molecular weight is 231 g/mol. The molecule has 1 aromatic carbocycles. The van der Waals surface area contributed by atoms with E-state index in [0.29, 0.717) is 11.6 Å². The number of aromatic carboxylic acids is 1. The van der Waals surface area contributed by atoms with Gasteiger partial charge in [0.2, 0.25) is 0 Å². The minimum atomic E-state index is -0.786. The lowest BCUT2D eigenvalue weighted by Crippen LogP contribution is -2.41. The zero-order chi connectivity index (χ0) is 11.8. The molecule has 0 saturated carbocycles. The third-order valence-corrected chi connectivity index (χ3v) is 4.04. The van der Waals surface area contributed by atoms with Crippen molar-refractivity contribution in [2.45, 2.75) is 31.7 Å². The van der Waals surface area contributed by atoms with Crippen LogP contribution in [0.1, 0.15) is 46.8 Å². The topological polar surface area (TPSA) is 40.5 Å². The van der Waals surface area contributed by atoms with Gasteiger partial charge < -0.3 is 5.11 Å². The molecule has 0 spiro atoms. The number of carboxylic acid groups (broad SMARTS) is 1. The Bertz CT molecular complexity index is 452. The zero-order valence-corrected chi connectivity index (χ0v) is 9.85. The van der Waals surface area contributed by atoms with Gasteiger partial charge in [-0.15, -0.1) is 0 Å². The van der Waals surface area contributed by atoms with E-state index in [4.69, 9.17) is 0 Å². The van der Waals surface area contributed by atoms with E-state index in [-0.39, 0.29) is 0 Å². The second-order valence-electron chi connectivity index (χ2n) is 4.98. The summed E-state index contributed by atoms with van der Waals surface area (Å²) in [5, 5.41) is 9.22. The standard InChI is InChI=1S/C14H17NO2/c16-14(17)12-6-1-5-11-10(12)4-2-7-13(11)15-8-3-9-15/h1,5-6,13H,2-4,7-9H2,(H,16,17).